The lowest BCUT2D eigenvalue weighted by Gasteiger charge is -2.49. The first-order valence-electron chi connectivity index (χ1n) is 15.0. The van der Waals surface area contributed by atoms with E-state index in [4.69, 9.17) is 28.4 Å². The van der Waals surface area contributed by atoms with E-state index < -0.39 is 122 Å². The molecule has 3 fully saturated rings. The zero-order valence-electron chi connectivity index (χ0n) is 26.5. The number of aliphatic hydroxyl groups is 3. The van der Waals surface area contributed by atoms with Gasteiger partial charge in [-0.3, -0.25) is 14.4 Å². The average molecular weight is 682 g/mol. The maximum absolute atomic E-state index is 12.4. The lowest BCUT2D eigenvalue weighted by atomic mass is 9.92. The van der Waals surface area contributed by atoms with Crippen LogP contribution in [0.5, 0.6) is 0 Å². The number of hydrogen-bond donors (Lipinski definition) is 9. The molecule has 0 unspecified atom stereocenters. The summed E-state index contributed by atoms with van der Waals surface area (Å²) in [6, 6.07) is -5.04. The standard InChI is InChI=1S/C27H44N4O16/c1-6-7-42-25-14(30-10(4)33)17(36)20(22(47-25)24(40)41)45-27-15(31-11(5)34)19(12(28)8(2)43-27)44-26-13(29-9(3)32)16(35)18(37)21(46-26)23(38)39/h8,12-22,25-27,35-37H,6-7,28H2,1-5H3,(H,29,32)(H,30,33)(H,31,34)(H,38,39)(H,40,41)/p+1/t8-,12+,13-,14-,15-,16-,17-,18-,19+,20-,21-,22-,25-,26-,27+/m1/s1. The number of aliphatic carboxylic acids is 2. The van der Waals surface area contributed by atoms with E-state index in [0.29, 0.717) is 6.42 Å². The molecule has 20 nitrogen and oxygen atoms in total. The van der Waals surface area contributed by atoms with Crippen molar-refractivity contribution in [1.82, 2.24) is 16.0 Å². The highest BCUT2D eigenvalue weighted by atomic mass is 16.7. The third kappa shape index (κ3) is 9.10. The predicted molar refractivity (Wildman–Crippen MR) is 150 cm³/mol. The summed E-state index contributed by atoms with van der Waals surface area (Å²) in [4.78, 5) is 60.5. The van der Waals surface area contributed by atoms with Gasteiger partial charge in [-0.2, -0.15) is 0 Å². The summed E-state index contributed by atoms with van der Waals surface area (Å²) >= 11 is 0. The highest BCUT2D eigenvalue weighted by Crippen LogP contribution is 2.32. The van der Waals surface area contributed by atoms with Gasteiger partial charge >= 0.3 is 11.9 Å². The molecular weight excluding hydrogens is 636 g/mol. The number of amides is 3. The Labute approximate surface area is 269 Å². The Bertz CT molecular complexity index is 1150. The first-order chi connectivity index (χ1) is 22.0. The molecule has 0 spiro atoms. The Morgan fingerprint density at radius 2 is 1.15 bits per heavy atom. The fraction of sp³-hybridized carbons (Fsp3) is 0.815. The molecule has 3 aliphatic rings. The van der Waals surface area contributed by atoms with E-state index in [1.807, 2.05) is 0 Å². The Morgan fingerprint density at radius 3 is 1.66 bits per heavy atom. The van der Waals surface area contributed by atoms with Gasteiger partial charge in [-0.25, -0.2) is 9.59 Å². The van der Waals surface area contributed by atoms with Crippen LogP contribution in [-0.4, -0.2) is 154 Å². The molecule has 20 heteroatoms. The van der Waals surface area contributed by atoms with E-state index in [2.05, 4.69) is 21.7 Å². The second-order valence-electron chi connectivity index (χ2n) is 11.6. The number of hydrogen-bond acceptors (Lipinski definition) is 14. The number of aliphatic hydroxyl groups excluding tert-OH is 3. The van der Waals surface area contributed by atoms with E-state index in [1.54, 1.807) is 6.92 Å². The summed E-state index contributed by atoms with van der Waals surface area (Å²) in [5, 5.41) is 59.4. The van der Waals surface area contributed by atoms with Crippen LogP contribution in [0.15, 0.2) is 0 Å². The summed E-state index contributed by atoms with van der Waals surface area (Å²) in [5.41, 5.74) is 4.02. The second kappa shape index (κ2) is 16.4. The number of carboxylic acids is 2. The van der Waals surface area contributed by atoms with Gasteiger partial charge in [0.05, 0.1) is 0 Å². The summed E-state index contributed by atoms with van der Waals surface area (Å²) < 4.78 is 34.7. The summed E-state index contributed by atoms with van der Waals surface area (Å²) in [5.74, 6) is -5.11. The van der Waals surface area contributed by atoms with Gasteiger partial charge in [0.15, 0.2) is 31.1 Å². The van der Waals surface area contributed by atoms with Crippen LogP contribution in [0.2, 0.25) is 0 Å². The van der Waals surface area contributed by atoms with Crippen molar-refractivity contribution in [3.8, 4) is 0 Å². The molecule has 3 saturated heterocycles. The Balaban J connectivity index is 1.99. The maximum atomic E-state index is 12.4. The molecule has 0 aromatic rings. The van der Waals surface area contributed by atoms with E-state index in [0.717, 1.165) is 13.8 Å². The van der Waals surface area contributed by atoms with Gasteiger partial charge in [-0.05, 0) is 13.3 Å². The molecule has 3 aliphatic heterocycles. The minimum absolute atomic E-state index is 0.111. The molecule has 268 valence electrons. The van der Waals surface area contributed by atoms with E-state index >= 15 is 0 Å². The quantitative estimate of drug-likeness (QED) is 0.0929. The minimum Gasteiger partial charge on any atom is -0.479 e. The van der Waals surface area contributed by atoms with Gasteiger partial charge in [0.25, 0.3) is 0 Å². The highest BCUT2D eigenvalue weighted by Gasteiger charge is 2.56. The molecule has 0 aromatic carbocycles. The second-order valence-corrected chi connectivity index (χ2v) is 11.6. The van der Waals surface area contributed by atoms with Crippen LogP contribution in [0.25, 0.3) is 0 Å². The lowest BCUT2D eigenvalue weighted by Crippen LogP contribution is -2.80. The number of carbonyl (C=O) groups excluding carboxylic acids is 3. The van der Waals surface area contributed by atoms with Crippen molar-refractivity contribution >= 4 is 29.7 Å². The van der Waals surface area contributed by atoms with Crippen molar-refractivity contribution < 1.29 is 83.7 Å². The number of carboxylic acid groups (broad SMARTS) is 2. The van der Waals surface area contributed by atoms with Crippen molar-refractivity contribution in [2.45, 2.75) is 133 Å². The lowest BCUT2D eigenvalue weighted by molar-refractivity contribution is -0.488. The van der Waals surface area contributed by atoms with Gasteiger partial charge in [-0.1, -0.05) is 6.92 Å². The van der Waals surface area contributed by atoms with Crippen LogP contribution in [0.3, 0.4) is 0 Å². The van der Waals surface area contributed by atoms with Crippen molar-refractivity contribution in [3.05, 3.63) is 0 Å². The van der Waals surface area contributed by atoms with Crippen molar-refractivity contribution in [2.24, 2.45) is 0 Å². The molecule has 3 heterocycles. The zero-order chi connectivity index (χ0) is 35.3. The van der Waals surface area contributed by atoms with Crippen LogP contribution in [0.4, 0.5) is 0 Å². The number of nitrogens with one attached hydrogen (secondary N) is 3. The van der Waals surface area contributed by atoms with Gasteiger partial charge in [0.1, 0.15) is 60.8 Å². The minimum atomic E-state index is -1.98. The van der Waals surface area contributed by atoms with E-state index in [-0.39, 0.29) is 6.61 Å². The largest absolute Gasteiger partial charge is 0.479 e. The zero-order valence-corrected chi connectivity index (χ0v) is 26.5. The van der Waals surface area contributed by atoms with Crippen LogP contribution < -0.4 is 21.7 Å². The molecule has 0 aromatic heterocycles. The Kier molecular flexibility index (Phi) is 13.4. The van der Waals surface area contributed by atoms with Gasteiger partial charge < -0.3 is 75.6 Å². The summed E-state index contributed by atoms with van der Waals surface area (Å²) in [6.07, 6.45) is -17.5. The van der Waals surface area contributed by atoms with Crippen LogP contribution in [0.1, 0.15) is 41.0 Å². The smallest absolute Gasteiger partial charge is 0.335 e. The van der Waals surface area contributed by atoms with Gasteiger partial charge in [0.2, 0.25) is 17.7 Å². The topological polar surface area (TPSA) is 306 Å². The molecule has 47 heavy (non-hydrogen) atoms. The third-order valence-electron chi connectivity index (χ3n) is 7.87. The molecule has 0 saturated carbocycles. The van der Waals surface area contributed by atoms with Gasteiger partial charge in [0, 0.05) is 27.4 Å². The summed E-state index contributed by atoms with van der Waals surface area (Å²) in [6.45, 7) is 6.85. The van der Waals surface area contributed by atoms with Crippen LogP contribution in [-0.2, 0) is 52.4 Å². The first kappa shape index (κ1) is 38.4. The predicted octanol–water partition coefficient (Wildman–Crippen LogP) is -5.25. The van der Waals surface area contributed by atoms with E-state index in [9.17, 15) is 49.5 Å². The first-order valence-corrected chi connectivity index (χ1v) is 15.0. The fourth-order valence-electron chi connectivity index (χ4n) is 5.62. The van der Waals surface area contributed by atoms with Crippen LogP contribution in [0, 0.1) is 0 Å². The molecule has 0 aliphatic carbocycles. The van der Waals surface area contributed by atoms with Crippen LogP contribution >= 0.6 is 0 Å². The van der Waals surface area contributed by atoms with Crippen molar-refractivity contribution in [1.29, 1.82) is 0 Å². The monoisotopic (exact) mass is 681 g/mol. The molecule has 0 bridgehead atoms. The molecule has 3 amide bonds. The summed E-state index contributed by atoms with van der Waals surface area (Å²) in [7, 11) is 0. The fourth-order valence-corrected chi connectivity index (χ4v) is 5.62. The highest BCUT2D eigenvalue weighted by molar-refractivity contribution is 5.76. The third-order valence-corrected chi connectivity index (χ3v) is 7.87. The SMILES string of the molecule is CCCO[C@@H]1O[C@@H](C(=O)O)[C@H](O[C@@H]2O[C@H](C)[C@H]([NH3+])[C@H](O[C@@H]3O[C@@H](C(=O)O)[C@H](O)[C@H](O)[C@H]3NC(C)=O)[C@H]2NC(C)=O)[C@H](O)[C@H]1NC(C)=O. The average Bonchev–Trinajstić information content (AvgIpc) is 2.97. The maximum Gasteiger partial charge on any atom is 0.335 e. The molecule has 0 radical (unpaired) electrons. The van der Waals surface area contributed by atoms with Gasteiger partial charge in [-0.15, -0.1) is 0 Å². The number of ether oxygens (including phenoxy) is 6. The number of rotatable bonds is 12. The molecule has 11 N–H and O–H groups in total. The molecular formula is C27H45N4O16+. The number of carbonyl (C=O) groups is 5. The molecule has 3 rings (SSSR count). The van der Waals surface area contributed by atoms with Crippen molar-refractivity contribution in [3.63, 3.8) is 0 Å². The van der Waals surface area contributed by atoms with E-state index in [1.165, 1.54) is 13.8 Å². The Morgan fingerprint density at radius 1 is 0.681 bits per heavy atom. The Hall–Kier alpha value is -3.05. The normalized spacial score (nSPS) is 40.6. The van der Waals surface area contributed by atoms with Crippen molar-refractivity contribution in [2.75, 3.05) is 6.61 Å². The molecule has 15 atom stereocenters. The number of quaternary nitrogens is 1.